The average Bonchev–Trinajstić information content (AvgIpc) is 3.07. The summed E-state index contributed by atoms with van der Waals surface area (Å²) in [6.45, 7) is 3.65. The Balaban J connectivity index is 1.81. The number of aryl methyl sites for hydroxylation is 1. The van der Waals surface area contributed by atoms with Gasteiger partial charge in [-0.3, -0.25) is 4.79 Å². The molecule has 0 aliphatic rings. The standard InChI is InChI=1S/C19H23NO3/c1-15(10-11-16-7-4-3-5-8-16)13-18(21)20-14-19(2,22)17-9-6-12-23-17/h3-9,12-13,22H,10-11,14H2,1-2H3,(H,20,21). The van der Waals surface area contributed by atoms with Crippen molar-refractivity contribution >= 4 is 5.91 Å². The van der Waals surface area contributed by atoms with E-state index in [1.807, 2.05) is 25.1 Å². The first-order valence-electron chi connectivity index (χ1n) is 7.73. The second-order valence-corrected chi connectivity index (χ2v) is 5.95. The average molecular weight is 313 g/mol. The first-order valence-corrected chi connectivity index (χ1v) is 7.73. The summed E-state index contributed by atoms with van der Waals surface area (Å²) in [6, 6.07) is 13.6. The quantitative estimate of drug-likeness (QED) is 0.772. The number of benzene rings is 1. The third kappa shape index (κ3) is 5.42. The lowest BCUT2D eigenvalue weighted by molar-refractivity contribution is -0.117. The maximum Gasteiger partial charge on any atom is 0.244 e. The third-order valence-corrected chi connectivity index (χ3v) is 3.69. The lowest BCUT2D eigenvalue weighted by Gasteiger charge is -2.20. The Labute approximate surface area is 136 Å². The van der Waals surface area contributed by atoms with E-state index in [9.17, 15) is 9.90 Å². The number of hydrogen-bond donors (Lipinski definition) is 2. The molecule has 0 aliphatic carbocycles. The summed E-state index contributed by atoms with van der Waals surface area (Å²) in [5.41, 5.74) is 1.04. The summed E-state index contributed by atoms with van der Waals surface area (Å²) in [5, 5.41) is 13.0. The number of carbonyl (C=O) groups excluding carboxylic acids is 1. The molecular weight excluding hydrogens is 290 g/mol. The second kappa shape index (κ2) is 7.79. The number of allylic oxidation sites excluding steroid dienone is 1. The Hall–Kier alpha value is -2.33. The predicted octanol–water partition coefficient (Wildman–Crippen LogP) is 3.18. The Kier molecular flexibility index (Phi) is 5.77. The Morgan fingerprint density at radius 1 is 1.26 bits per heavy atom. The molecule has 23 heavy (non-hydrogen) atoms. The number of hydrogen-bond acceptors (Lipinski definition) is 3. The molecule has 1 unspecified atom stereocenters. The zero-order valence-corrected chi connectivity index (χ0v) is 13.6. The first-order chi connectivity index (χ1) is 11.0. The van der Waals surface area contributed by atoms with E-state index in [1.54, 1.807) is 25.1 Å². The first kappa shape index (κ1) is 17.0. The summed E-state index contributed by atoms with van der Waals surface area (Å²) < 4.78 is 5.18. The van der Waals surface area contributed by atoms with Crippen molar-refractivity contribution in [1.29, 1.82) is 0 Å². The number of rotatable bonds is 7. The lowest BCUT2D eigenvalue weighted by atomic mass is 10.0. The van der Waals surface area contributed by atoms with Crippen molar-refractivity contribution in [2.75, 3.05) is 6.54 Å². The summed E-state index contributed by atoms with van der Waals surface area (Å²) in [5.74, 6) is 0.227. The number of aliphatic hydroxyl groups is 1. The van der Waals surface area contributed by atoms with Crippen LogP contribution < -0.4 is 5.32 Å². The van der Waals surface area contributed by atoms with Crippen LogP contribution >= 0.6 is 0 Å². The van der Waals surface area contributed by atoms with Gasteiger partial charge in [0.15, 0.2) is 0 Å². The van der Waals surface area contributed by atoms with Crippen LogP contribution in [0.3, 0.4) is 0 Å². The molecule has 2 N–H and O–H groups in total. The van der Waals surface area contributed by atoms with Gasteiger partial charge < -0.3 is 14.8 Å². The number of amides is 1. The molecule has 122 valence electrons. The van der Waals surface area contributed by atoms with Gasteiger partial charge in [0.2, 0.25) is 5.91 Å². The number of nitrogens with one attached hydrogen (secondary N) is 1. The van der Waals surface area contributed by atoms with Crippen LogP contribution in [0.4, 0.5) is 0 Å². The zero-order valence-electron chi connectivity index (χ0n) is 13.6. The molecular formula is C19H23NO3. The van der Waals surface area contributed by atoms with Crippen molar-refractivity contribution in [3.8, 4) is 0 Å². The van der Waals surface area contributed by atoms with Gasteiger partial charge in [-0.25, -0.2) is 0 Å². The topological polar surface area (TPSA) is 62.5 Å². The van der Waals surface area contributed by atoms with Gasteiger partial charge in [0, 0.05) is 6.08 Å². The maximum atomic E-state index is 12.0. The highest BCUT2D eigenvalue weighted by atomic mass is 16.4. The maximum absolute atomic E-state index is 12.0. The highest BCUT2D eigenvalue weighted by molar-refractivity contribution is 5.88. The van der Waals surface area contributed by atoms with Gasteiger partial charge in [-0.15, -0.1) is 0 Å². The molecule has 1 heterocycles. The smallest absolute Gasteiger partial charge is 0.244 e. The molecule has 0 fully saturated rings. The monoisotopic (exact) mass is 313 g/mol. The van der Waals surface area contributed by atoms with E-state index < -0.39 is 5.60 Å². The fourth-order valence-electron chi connectivity index (χ4n) is 2.26. The molecule has 1 atom stereocenters. The van der Waals surface area contributed by atoms with Crippen LogP contribution in [0.25, 0.3) is 0 Å². The van der Waals surface area contributed by atoms with E-state index in [1.165, 1.54) is 11.8 Å². The van der Waals surface area contributed by atoms with E-state index >= 15 is 0 Å². The fraction of sp³-hybridized carbons (Fsp3) is 0.316. The van der Waals surface area contributed by atoms with Crippen LogP contribution in [0, 0.1) is 0 Å². The number of furan rings is 1. The minimum Gasteiger partial charge on any atom is -0.466 e. The highest BCUT2D eigenvalue weighted by Gasteiger charge is 2.26. The Morgan fingerprint density at radius 3 is 2.65 bits per heavy atom. The molecule has 4 heteroatoms. The van der Waals surface area contributed by atoms with Gasteiger partial charge in [0.05, 0.1) is 12.8 Å². The van der Waals surface area contributed by atoms with Gasteiger partial charge in [-0.2, -0.15) is 0 Å². The van der Waals surface area contributed by atoms with Gasteiger partial charge in [0.1, 0.15) is 11.4 Å². The van der Waals surface area contributed by atoms with Gasteiger partial charge in [-0.1, -0.05) is 35.9 Å². The van der Waals surface area contributed by atoms with Crippen molar-refractivity contribution in [2.45, 2.75) is 32.3 Å². The molecule has 0 aliphatic heterocycles. The zero-order chi connectivity index (χ0) is 16.7. The molecule has 1 amide bonds. The van der Waals surface area contributed by atoms with E-state index in [-0.39, 0.29) is 12.5 Å². The van der Waals surface area contributed by atoms with Crippen molar-refractivity contribution in [2.24, 2.45) is 0 Å². The van der Waals surface area contributed by atoms with Crippen LogP contribution in [-0.4, -0.2) is 17.6 Å². The molecule has 2 aromatic rings. The van der Waals surface area contributed by atoms with Crippen LogP contribution in [0.1, 0.15) is 31.6 Å². The lowest BCUT2D eigenvalue weighted by Crippen LogP contribution is -2.37. The second-order valence-electron chi connectivity index (χ2n) is 5.95. The Morgan fingerprint density at radius 2 is 2.00 bits per heavy atom. The SMILES string of the molecule is CC(=CC(=O)NCC(C)(O)c1ccco1)CCc1ccccc1. The summed E-state index contributed by atoms with van der Waals surface area (Å²) >= 11 is 0. The largest absolute Gasteiger partial charge is 0.466 e. The normalized spacial score (nSPS) is 14.3. The minimum atomic E-state index is -1.22. The van der Waals surface area contributed by atoms with Crippen LogP contribution in [0.15, 0.2) is 64.8 Å². The summed E-state index contributed by atoms with van der Waals surface area (Å²) in [4.78, 5) is 12.0. The van der Waals surface area contributed by atoms with Crippen molar-refractivity contribution in [3.63, 3.8) is 0 Å². The molecule has 0 spiro atoms. The molecule has 0 radical (unpaired) electrons. The van der Waals surface area contributed by atoms with Gasteiger partial charge in [-0.05, 0) is 44.4 Å². The predicted molar refractivity (Wildman–Crippen MR) is 89.8 cm³/mol. The molecule has 0 bridgehead atoms. The summed E-state index contributed by atoms with van der Waals surface area (Å²) in [7, 11) is 0. The fourth-order valence-corrected chi connectivity index (χ4v) is 2.26. The third-order valence-electron chi connectivity index (χ3n) is 3.69. The molecule has 1 aromatic carbocycles. The Bertz CT molecular complexity index is 643. The van der Waals surface area contributed by atoms with Crippen LogP contribution in [0.2, 0.25) is 0 Å². The van der Waals surface area contributed by atoms with E-state index in [0.29, 0.717) is 5.76 Å². The minimum absolute atomic E-state index is 0.0990. The molecule has 4 nitrogen and oxygen atoms in total. The van der Waals surface area contributed by atoms with Crippen molar-refractivity contribution < 1.29 is 14.3 Å². The molecule has 0 saturated heterocycles. The molecule has 0 saturated carbocycles. The van der Waals surface area contributed by atoms with E-state index in [4.69, 9.17) is 4.42 Å². The van der Waals surface area contributed by atoms with Crippen molar-refractivity contribution in [1.82, 2.24) is 5.32 Å². The van der Waals surface area contributed by atoms with E-state index in [2.05, 4.69) is 17.4 Å². The van der Waals surface area contributed by atoms with Crippen LogP contribution in [0.5, 0.6) is 0 Å². The van der Waals surface area contributed by atoms with E-state index in [0.717, 1.165) is 18.4 Å². The highest BCUT2D eigenvalue weighted by Crippen LogP contribution is 2.19. The summed E-state index contributed by atoms with van der Waals surface area (Å²) in [6.07, 6.45) is 4.81. The number of carbonyl (C=O) groups is 1. The van der Waals surface area contributed by atoms with Gasteiger partial charge in [0.25, 0.3) is 0 Å². The molecule has 1 aromatic heterocycles. The van der Waals surface area contributed by atoms with Crippen LogP contribution in [-0.2, 0) is 16.8 Å². The van der Waals surface area contributed by atoms with Crippen molar-refractivity contribution in [3.05, 3.63) is 71.7 Å². The molecule has 2 rings (SSSR count). The van der Waals surface area contributed by atoms with Gasteiger partial charge >= 0.3 is 0 Å².